The first-order valence-electron chi connectivity index (χ1n) is 8.25. The largest absolute Gasteiger partial charge is 0.376 e. The highest BCUT2D eigenvalue weighted by Gasteiger charge is 2.16. The molecule has 2 unspecified atom stereocenters. The maximum Gasteiger partial charge on any atom is 0.133 e. The Morgan fingerprint density at radius 2 is 1.50 bits per heavy atom. The minimum Gasteiger partial charge on any atom is -0.376 e. The molecule has 0 aromatic carbocycles. The number of carbonyl (C=O) groups excluding carboxylic acids is 1. The Balaban J connectivity index is 3.80. The van der Waals surface area contributed by atoms with Crippen LogP contribution in [0.5, 0.6) is 0 Å². The van der Waals surface area contributed by atoms with Crippen LogP contribution in [0.3, 0.4) is 0 Å². The maximum atomic E-state index is 12.0. The molecule has 0 heterocycles. The molecule has 0 rings (SSSR count). The molecule has 0 radical (unpaired) electrons. The maximum absolute atomic E-state index is 12.0. The zero-order valence-corrected chi connectivity index (χ0v) is 14.8. The summed E-state index contributed by atoms with van der Waals surface area (Å²) in [5.41, 5.74) is -0.110. The second-order valence-electron chi connectivity index (χ2n) is 7.91. The normalized spacial score (nSPS) is 15.4. The minimum atomic E-state index is -0.110. The van der Waals surface area contributed by atoms with Crippen LogP contribution >= 0.6 is 0 Å². The average Bonchev–Trinajstić information content (AvgIpc) is 2.24. The van der Waals surface area contributed by atoms with E-state index in [0.29, 0.717) is 30.6 Å². The first-order chi connectivity index (χ1) is 9.10. The highest BCUT2D eigenvalue weighted by Crippen LogP contribution is 2.18. The molecule has 0 saturated carbocycles. The Bertz CT molecular complexity index is 263. The lowest BCUT2D eigenvalue weighted by molar-refractivity contribution is -0.121. The van der Waals surface area contributed by atoms with Crippen molar-refractivity contribution < 1.29 is 9.53 Å². The predicted molar refractivity (Wildman–Crippen MR) is 87.0 cm³/mol. The van der Waals surface area contributed by atoms with Crippen LogP contribution in [-0.2, 0) is 9.53 Å². The van der Waals surface area contributed by atoms with E-state index in [1.165, 1.54) is 19.3 Å². The molecule has 2 heteroatoms. The van der Waals surface area contributed by atoms with E-state index in [2.05, 4.69) is 48.5 Å². The summed E-state index contributed by atoms with van der Waals surface area (Å²) in [6.07, 6.45) is 5.09. The van der Waals surface area contributed by atoms with Gasteiger partial charge in [0, 0.05) is 12.8 Å². The smallest absolute Gasteiger partial charge is 0.133 e. The molecule has 0 aromatic heterocycles. The van der Waals surface area contributed by atoms with Crippen LogP contribution in [0.15, 0.2) is 0 Å². The van der Waals surface area contributed by atoms with Crippen molar-refractivity contribution in [3.63, 3.8) is 0 Å². The topological polar surface area (TPSA) is 26.3 Å². The fourth-order valence-corrected chi connectivity index (χ4v) is 2.29. The summed E-state index contributed by atoms with van der Waals surface area (Å²) in [7, 11) is 0. The molecule has 0 spiro atoms. The molecule has 0 fully saturated rings. The van der Waals surface area contributed by atoms with Crippen molar-refractivity contribution in [2.75, 3.05) is 6.61 Å². The van der Waals surface area contributed by atoms with Gasteiger partial charge in [0.2, 0.25) is 0 Å². The van der Waals surface area contributed by atoms with Gasteiger partial charge >= 0.3 is 0 Å². The van der Waals surface area contributed by atoms with Gasteiger partial charge in [-0.05, 0) is 38.5 Å². The van der Waals surface area contributed by atoms with Crippen molar-refractivity contribution in [1.82, 2.24) is 0 Å². The number of rotatable bonds is 10. The number of carbonyl (C=O) groups is 1. The van der Waals surface area contributed by atoms with E-state index < -0.39 is 0 Å². The highest BCUT2D eigenvalue weighted by molar-refractivity contribution is 5.78. The summed E-state index contributed by atoms with van der Waals surface area (Å²) in [6.45, 7) is 15.7. The van der Waals surface area contributed by atoms with Gasteiger partial charge in [-0.3, -0.25) is 4.79 Å². The van der Waals surface area contributed by atoms with Crippen molar-refractivity contribution in [2.45, 2.75) is 86.2 Å². The lowest BCUT2D eigenvalue weighted by Gasteiger charge is -2.22. The van der Waals surface area contributed by atoms with E-state index in [0.717, 1.165) is 12.3 Å². The molecule has 2 nitrogen and oxygen atoms in total. The zero-order valence-electron chi connectivity index (χ0n) is 14.8. The number of ketones is 1. The Morgan fingerprint density at radius 3 is 2.00 bits per heavy atom. The molecule has 0 bridgehead atoms. The molecule has 0 N–H and O–H groups in total. The van der Waals surface area contributed by atoms with Crippen LogP contribution in [0.2, 0.25) is 0 Å². The number of ether oxygens (including phenoxy) is 1. The van der Waals surface area contributed by atoms with Crippen molar-refractivity contribution in [2.24, 2.45) is 17.8 Å². The summed E-state index contributed by atoms with van der Waals surface area (Å²) in [4.78, 5) is 12.0. The van der Waals surface area contributed by atoms with Gasteiger partial charge < -0.3 is 4.74 Å². The standard InChI is InChI=1S/C18H36O2/c1-14(2)9-8-10-15(3)11-17(19)12-16(4)13-20-18(5,6)7/h14-16H,8-13H2,1-7H3. The molecular weight excluding hydrogens is 248 g/mol. The van der Waals surface area contributed by atoms with Gasteiger partial charge in [0.1, 0.15) is 5.78 Å². The second kappa shape index (κ2) is 9.55. The molecule has 0 amide bonds. The summed E-state index contributed by atoms with van der Waals surface area (Å²) < 4.78 is 5.74. The lowest BCUT2D eigenvalue weighted by Crippen LogP contribution is -2.23. The van der Waals surface area contributed by atoms with Crippen LogP contribution in [0.25, 0.3) is 0 Å². The van der Waals surface area contributed by atoms with Gasteiger partial charge in [-0.1, -0.05) is 47.0 Å². The van der Waals surface area contributed by atoms with E-state index in [1.54, 1.807) is 0 Å². The highest BCUT2D eigenvalue weighted by atomic mass is 16.5. The Kier molecular flexibility index (Phi) is 9.37. The molecule has 120 valence electrons. The van der Waals surface area contributed by atoms with Gasteiger partial charge in [-0.25, -0.2) is 0 Å². The van der Waals surface area contributed by atoms with Crippen molar-refractivity contribution in [3.05, 3.63) is 0 Å². The van der Waals surface area contributed by atoms with Gasteiger partial charge in [0.05, 0.1) is 12.2 Å². The molecule has 0 aliphatic rings. The SMILES string of the molecule is CC(C)CCCC(C)CC(=O)CC(C)COC(C)(C)C. The van der Waals surface area contributed by atoms with Crippen molar-refractivity contribution >= 4 is 5.78 Å². The fourth-order valence-electron chi connectivity index (χ4n) is 2.29. The first kappa shape index (κ1) is 19.6. The summed E-state index contributed by atoms with van der Waals surface area (Å²) in [6, 6.07) is 0. The second-order valence-corrected chi connectivity index (χ2v) is 7.91. The Morgan fingerprint density at radius 1 is 0.950 bits per heavy atom. The number of Topliss-reactive ketones (excluding diaryl/α,β-unsaturated/α-hetero) is 1. The average molecular weight is 284 g/mol. The third-order valence-corrected chi connectivity index (χ3v) is 3.43. The third kappa shape index (κ3) is 12.7. The molecule has 20 heavy (non-hydrogen) atoms. The number of hydrogen-bond acceptors (Lipinski definition) is 2. The quantitative estimate of drug-likeness (QED) is 0.547. The van der Waals surface area contributed by atoms with Gasteiger partial charge in [-0.15, -0.1) is 0 Å². The van der Waals surface area contributed by atoms with Crippen LogP contribution in [-0.4, -0.2) is 18.0 Å². The van der Waals surface area contributed by atoms with Crippen molar-refractivity contribution in [3.8, 4) is 0 Å². The Labute approximate surface area is 126 Å². The molecule has 0 aromatic rings. The zero-order chi connectivity index (χ0) is 15.8. The first-order valence-corrected chi connectivity index (χ1v) is 8.25. The fraction of sp³-hybridized carbons (Fsp3) is 0.944. The molecule has 0 saturated heterocycles. The summed E-state index contributed by atoms with van der Waals surface area (Å²) in [5, 5.41) is 0. The van der Waals surface area contributed by atoms with Crippen LogP contribution in [0.1, 0.15) is 80.6 Å². The molecule has 0 aliphatic carbocycles. The third-order valence-electron chi connectivity index (χ3n) is 3.43. The number of hydrogen-bond donors (Lipinski definition) is 0. The van der Waals surface area contributed by atoms with E-state index in [-0.39, 0.29) is 5.60 Å². The van der Waals surface area contributed by atoms with Gasteiger partial charge in [-0.2, -0.15) is 0 Å². The van der Waals surface area contributed by atoms with Gasteiger partial charge in [0.25, 0.3) is 0 Å². The van der Waals surface area contributed by atoms with E-state index >= 15 is 0 Å². The molecular formula is C18H36O2. The van der Waals surface area contributed by atoms with Gasteiger partial charge in [0.15, 0.2) is 0 Å². The Hall–Kier alpha value is -0.370. The predicted octanol–water partition coefficient (Wildman–Crippen LogP) is 5.25. The van der Waals surface area contributed by atoms with E-state index in [1.807, 2.05) is 0 Å². The van der Waals surface area contributed by atoms with E-state index in [9.17, 15) is 4.79 Å². The minimum absolute atomic E-state index is 0.110. The monoisotopic (exact) mass is 284 g/mol. The lowest BCUT2D eigenvalue weighted by atomic mass is 9.93. The molecule has 0 aliphatic heterocycles. The van der Waals surface area contributed by atoms with Crippen LogP contribution < -0.4 is 0 Å². The van der Waals surface area contributed by atoms with Crippen molar-refractivity contribution in [1.29, 1.82) is 0 Å². The van der Waals surface area contributed by atoms with Crippen LogP contribution in [0.4, 0.5) is 0 Å². The summed E-state index contributed by atoms with van der Waals surface area (Å²) >= 11 is 0. The van der Waals surface area contributed by atoms with E-state index in [4.69, 9.17) is 4.74 Å². The molecule has 2 atom stereocenters. The summed E-state index contributed by atoms with van der Waals surface area (Å²) in [5.74, 6) is 2.01. The van der Waals surface area contributed by atoms with Crippen LogP contribution in [0, 0.1) is 17.8 Å².